The first-order chi connectivity index (χ1) is 8.59. The smallest absolute Gasteiger partial charge is 0.279 e. The van der Waals surface area contributed by atoms with Gasteiger partial charge >= 0.3 is 0 Å². The average Bonchev–Trinajstić information content (AvgIpc) is 2.35. The number of nitrogens with one attached hydrogen (secondary N) is 2. The summed E-state index contributed by atoms with van der Waals surface area (Å²) in [5, 5.41) is 6.98. The van der Waals surface area contributed by atoms with Crippen molar-refractivity contribution in [2.24, 2.45) is 0 Å². The molecule has 1 aliphatic heterocycles. The molecular formula is C11H18N2O2S3. The zero-order valence-corrected chi connectivity index (χ0v) is 12.8. The number of carbonyl (C=O) groups excluding carboxylic acids is 2. The molecule has 0 atom stereocenters. The zero-order chi connectivity index (χ0) is 13.4. The number of amides is 2. The molecular weight excluding hydrogens is 288 g/mol. The molecule has 2 N–H and O–H groups in total. The summed E-state index contributed by atoms with van der Waals surface area (Å²) in [6, 6.07) is 0. The minimum Gasteiger partial charge on any atom is -0.351 e. The van der Waals surface area contributed by atoms with Crippen molar-refractivity contribution in [3.05, 3.63) is 12.2 Å². The maximum Gasteiger partial charge on any atom is 0.279 e. The van der Waals surface area contributed by atoms with Crippen molar-refractivity contribution in [1.82, 2.24) is 10.6 Å². The molecule has 0 spiro atoms. The Morgan fingerprint density at radius 3 is 2.50 bits per heavy atom. The summed E-state index contributed by atoms with van der Waals surface area (Å²) in [6.07, 6.45) is 0. The minimum absolute atomic E-state index is 0.00678. The molecule has 0 saturated carbocycles. The molecule has 1 saturated heterocycles. The maximum absolute atomic E-state index is 11.6. The highest BCUT2D eigenvalue weighted by Gasteiger charge is 2.18. The van der Waals surface area contributed by atoms with Crippen molar-refractivity contribution in [3.8, 4) is 0 Å². The van der Waals surface area contributed by atoms with Gasteiger partial charge < -0.3 is 10.6 Å². The molecule has 1 rings (SSSR count). The Hall–Kier alpha value is -0.270. The van der Waals surface area contributed by atoms with Crippen molar-refractivity contribution in [2.75, 3.05) is 29.7 Å². The second-order valence-electron chi connectivity index (χ2n) is 3.85. The van der Waals surface area contributed by atoms with Gasteiger partial charge in [0, 0.05) is 40.5 Å². The lowest BCUT2D eigenvalue weighted by Crippen LogP contribution is -2.34. The van der Waals surface area contributed by atoms with E-state index in [4.69, 9.17) is 0 Å². The Morgan fingerprint density at radius 2 is 1.89 bits per heavy atom. The molecule has 0 aromatic heterocycles. The van der Waals surface area contributed by atoms with Crippen LogP contribution in [0.4, 0.5) is 4.79 Å². The van der Waals surface area contributed by atoms with E-state index in [2.05, 4.69) is 17.2 Å². The van der Waals surface area contributed by atoms with E-state index in [-0.39, 0.29) is 11.1 Å². The van der Waals surface area contributed by atoms with Crippen LogP contribution in [-0.4, -0.2) is 46.1 Å². The topological polar surface area (TPSA) is 58.2 Å². The standard InChI is InChI=1S/C11H18N2O2S3/c1-8(2)10(14)12-3-4-13-11(15)18-9-5-16-7-17-6-9/h9H,1,3-7H2,2H3,(H,12,14)(H,13,15). The Labute approximate surface area is 120 Å². The third-order valence-electron chi connectivity index (χ3n) is 2.12. The highest BCUT2D eigenvalue weighted by molar-refractivity contribution is 8.20. The molecule has 1 fully saturated rings. The quantitative estimate of drug-likeness (QED) is 0.600. The van der Waals surface area contributed by atoms with Crippen molar-refractivity contribution in [3.63, 3.8) is 0 Å². The molecule has 4 nitrogen and oxygen atoms in total. The average molecular weight is 306 g/mol. The molecule has 102 valence electrons. The first kappa shape index (κ1) is 15.8. The molecule has 7 heteroatoms. The summed E-state index contributed by atoms with van der Waals surface area (Å²) in [7, 11) is 0. The molecule has 0 aliphatic carbocycles. The van der Waals surface area contributed by atoms with E-state index in [0.29, 0.717) is 23.9 Å². The van der Waals surface area contributed by atoms with Gasteiger partial charge in [-0.25, -0.2) is 0 Å². The molecule has 2 amide bonds. The van der Waals surface area contributed by atoms with E-state index in [9.17, 15) is 9.59 Å². The Balaban J connectivity index is 2.06. The van der Waals surface area contributed by atoms with Crippen LogP contribution in [0.15, 0.2) is 12.2 Å². The maximum atomic E-state index is 11.6. The second-order valence-corrected chi connectivity index (χ2v) is 7.55. The van der Waals surface area contributed by atoms with Crippen LogP contribution >= 0.6 is 35.3 Å². The third kappa shape index (κ3) is 6.61. The van der Waals surface area contributed by atoms with Crippen LogP contribution in [0.1, 0.15) is 6.92 Å². The van der Waals surface area contributed by atoms with Gasteiger partial charge in [0.25, 0.3) is 5.24 Å². The predicted molar refractivity (Wildman–Crippen MR) is 82.4 cm³/mol. The fourth-order valence-electron chi connectivity index (χ4n) is 1.22. The Morgan fingerprint density at radius 1 is 1.28 bits per heavy atom. The summed E-state index contributed by atoms with van der Waals surface area (Å²) in [5.74, 6) is 1.91. The van der Waals surface area contributed by atoms with Crippen molar-refractivity contribution >= 4 is 46.4 Å². The van der Waals surface area contributed by atoms with E-state index in [1.165, 1.54) is 11.8 Å². The first-order valence-electron chi connectivity index (χ1n) is 5.63. The van der Waals surface area contributed by atoms with E-state index in [1.807, 2.05) is 23.5 Å². The van der Waals surface area contributed by atoms with Crippen molar-refractivity contribution < 1.29 is 9.59 Å². The summed E-state index contributed by atoms with van der Waals surface area (Å²) < 4.78 is 0. The number of hydrogen-bond acceptors (Lipinski definition) is 5. The van der Waals surface area contributed by atoms with Gasteiger partial charge in [-0.1, -0.05) is 18.3 Å². The van der Waals surface area contributed by atoms with Gasteiger partial charge in [-0.05, 0) is 6.92 Å². The van der Waals surface area contributed by atoms with Gasteiger partial charge in [0.2, 0.25) is 5.91 Å². The van der Waals surface area contributed by atoms with Crippen LogP contribution in [0.2, 0.25) is 0 Å². The van der Waals surface area contributed by atoms with E-state index >= 15 is 0 Å². The molecule has 0 bridgehead atoms. The summed E-state index contributed by atoms with van der Waals surface area (Å²) >= 11 is 5.12. The highest BCUT2D eigenvalue weighted by Crippen LogP contribution is 2.29. The number of thioether (sulfide) groups is 3. The first-order valence-corrected chi connectivity index (χ1v) is 8.82. The van der Waals surface area contributed by atoms with Crippen molar-refractivity contribution in [1.29, 1.82) is 0 Å². The van der Waals surface area contributed by atoms with Crippen molar-refractivity contribution in [2.45, 2.75) is 12.2 Å². The van der Waals surface area contributed by atoms with Crippen LogP contribution in [0.25, 0.3) is 0 Å². The Bertz CT molecular complexity index is 317. The molecule has 0 aromatic carbocycles. The van der Waals surface area contributed by atoms with E-state index in [1.54, 1.807) is 6.92 Å². The van der Waals surface area contributed by atoms with Gasteiger partial charge in [0.1, 0.15) is 0 Å². The number of carbonyl (C=O) groups is 2. The molecule has 0 unspecified atom stereocenters. The highest BCUT2D eigenvalue weighted by atomic mass is 32.2. The van der Waals surface area contributed by atoms with E-state index in [0.717, 1.165) is 16.6 Å². The monoisotopic (exact) mass is 306 g/mol. The summed E-state index contributed by atoms with van der Waals surface area (Å²) in [4.78, 5) is 22.8. The normalized spacial score (nSPS) is 16.1. The third-order valence-corrected chi connectivity index (χ3v) is 6.17. The van der Waals surface area contributed by atoms with Gasteiger partial charge in [-0.15, -0.1) is 23.5 Å². The summed E-state index contributed by atoms with van der Waals surface area (Å²) in [6.45, 7) is 6.09. The number of rotatable bonds is 5. The second kappa shape index (κ2) is 8.77. The lowest BCUT2D eigenvalue weighted by atomic mass is 10.3. The van der Waals surface area contributed by atoms with Gasteiger partial charge in [0.15, 0.2) is 0 Å². The van der Waals surface area contributed by atoms with E-state index < -0.39 is 0 Å². The van der Waals surface area contributed by atoms with Gasteiger partial charge in [-0.2, -0.15) is 0 Å². The van der Waals surface area contributed by atoms with Crippen LogP contribution < -0.4 is 10.6 Å². The SMILES string of the molecule is C=C(C)C(=O)NCCNC(=O)SC1CSCSC1. The molecule has 1 heterocycles. The molecule has 0 aromatic rings. The minimum atomic E-state index is -0.169. The van der Waals surface area contributed by atoms with Gasteiger partial charge in [0.05, 0.1) is 0 Å². The molecule has 0 radical (unpaired) electrons. The fraction of sp³-hybridized carbons (Fsp3) is 0.636. The van der Waals surface area contributed by atoms with Crippen LogP contribution in [0, 0.1) is 0 Å². The lowest BCUT2D eigenvalue weighted by molar-refractivity contribution is -0.117. The predicted octanol–water partition coefficient (Wildman–Crippen LogP) is 1.93. The van der Waals surface area contributed by atoms with Crippen LogP contribution in [0.5, 0.6) is 0 Å². The fourth-order valence-corrected chi connectivity index (χ4v) is 4.98. The van der Waals surface area contributed by atoms with Gasteiger partial charge in [-0.3, -0.25) is 9.59 Å². The van der Waals surface area contributed by atoms with Crippen LogP contribution in [0.3, 0.4) is 0 Å². The summed E-state index contributed by atoms with van der Waals surface area (Å²) in [5.41, 5.74) is 0.479. The largest absolute Gasteiger partial charge is 0.351 e. The van der Waals surface area contributed by atoms with Crippen LogP contribution in [-0.2, 0) is 4.79 Å². The Kier molecular flexibility index (Phi) is 7.69. The lowest BCUT2D eigenvalue weighted by Gasteiger charge is -2.19. The molecule has 1 aliphatic rings. The number of hydrogen-bond donors (Lipinski definition) is 2. The zero-order valence-electron chi connectivity index (χ0n) is 10.4. The molecule has 18 heavy (non-hydrogen) atoms.